The van der Waals surface area contributed by atoms with Crippen molar-refractivity contribution < 1.29 is 14.7 Å². The number of hydrogen-bond donors (Lipinski definition) is 1. The second-order valence-electron chi connectivity index (χ2n) is 2.16. The molecule has 0 bridgehead atoms. The van der Waals surface area contributed by atoms with Crippen LogP contribution in [0.5, 0.6) is 0 Å². The maximum Gasteiger partial charge on any atom is 0.335 e. The van der Waals surface area contributed by atoms with Crippen LogP contribution in [0, 0.1) is 3.57 Å². The van der Waals surface area contributed by atoms with Gasteiger partial charge in [-0.3, -0.25) is 4.79 Å². The molecule has 0 heterocycles. The van der Waals surface area contributed by atoms with E-state index in [4.69, 9.17) is 5.11 Å². The standard InChI is InChI=1S/C8H5IO3/c9-7-3-5(8(11)12)1-2-6(7)4-10/h1-4H,(H,11,12). The number of carbonyl (C=O) groups is 2. The molecular formula is C8H5IO3. The van der Waals surface area contributed by atoms with Crippen LogP contribution >= 0.6 is 22.6 Å². The SMILES string of the molecule is O=Cc1ccc(C(=O)O)cc1I. The molecule has 1 N–H and O–H groups in total. The highest BCUT2D eigenvalue weighted by molar-refractivity contribution is 14.1. The first-order chi connectivity index (χ1) is 5.65. The van der Waals surface area contributed by atoms with Gasteiger partial charge in [-0.05, 0) is 40.8 Å². The van der Waals surface area contributed by atoms with Gasteiger partial charge in [0, 0.05) is 9.13 Å². The highest BCUT2D eigenvalue weighted by Crippen LogP contribution is 2.12. The predicted molar refractivity (Wildman–Crippen MR) is 51.5 cm³/mol. The Morgan fingerprint density at radius 3 is 2.58 bits per heavy atom. The Balaban J connectivity index is 3.18. The summed E-state index contributed by atoms with van der Waals surface area (Å²) in [6.45, 7) is 0. The lowest BCUT2D eigenvalue weighted by Gasteiger charge is -1.97. The Labute approximate surface area is 82.5 Å². The molecule has 0 spiro atoms. The van der Waals surface area contributed by atoms with E-state index in [1.54, 1.807) is 0 Å². The summed E-state index contributed by atoms with van der Waals surface area (Å²) in [6.07, 6.45) is 0.702. The molecule has 62 valence electrons. The third-order valence-corrected chi connectivity index (χ3v) is 2.31. The number of benzene rings is 1. The first-order valence-electron chi connectivity index (χ1n) is 3.13. The molecule has 0 aromatic heterocycles. The quantitative estimate of drug-likeness (QED) is 0.662. The van der Waals surface area contributed by atoms with Gasteiger partial charge in [0.2, 0.25) is 0 Å². The van der Waals surface area contributed by atoms with Crippen molar-refractivity contribution in [3.05, 3.63) is 32.9 Å². The van der Waals surface area contributed by atoms with Gasteiger partial charge in [-0.1, -0.05) is 0 Å². The Bertz CT molecular complexity index is 333. The van der Waals surface area contributed by atoms with E-state index in [0.29, 0.717) is 15.4 Å². The summed E-state index contributed by atoms with van der Waals surface area (Å²) >= 11 is 1.92. The fraction of sp³-hybridized carbons (Fsp3) is 0. The largest absolute Gasteiger partial charge is 0.478 e. The van der Waals surface area contributed by atoms with Crippen LogP contribution in [0.3, 0.4) is 0 Å². The number of carboxylic acids is 1. The van der Waals surface area contributed by atoms with Crippen molar-refractivity contribution in [2.75, 3.05) is 0 Å². The molecule has 0 unspecified atom stereocenters. The molecule has 0 saturated heterocycles. The van der Waals surface area contributed by atoms with Crippen LogP contribution in [0.2, 0.25) is 0 Å². The number of halogens is 1. The molecule has 1 aromatic rings. The molecule has 0 saturated carbocycles. The lowest BCUT2D eigenvalue weighted by molar-refractivity contribution is 0.0696. The Hall–Kier alpha value is -0.910. The summed E-state index contributed by atoms with van der Waals surface area (Å²) < 4.78 is 0.655. The van der Waals surface area contributed by atoms with Crippen molar-refractivity contribution in [1.29, 1.82) is 0 Å². The number of rotatable bonds is 2. The smallest absolute Gasteiger partial charge is 0.335 e. The van der Waals surface area contributed by atoms with Crippen molar-refractivity contribution in [1.82, 2.24) is 0 Å². The van der Waals surface area contributed by atoms with E-state index >= 15 is 0 Å². The highest BCUT2D eigenvalue weighted by Gasteiger charge is 2.05. The summed E-state index contributed by atoms with van der Waals surface area (Å²) in [7, 11) is 0. The van der Waals surface area contributed by atoms with Gasteiger partial charge < -0.3 is 5.11 Å². The van der Waals surface area contributed by atoms with Gasteiger partial charge in [-0.15, -0.1) is 0 Å². The first-order valence-corrected chi connectivity index (χ1v) is 4.21. The number of hydrogen-bond acceptors (Lipinski definition) is 2. The Morgan fingerprint density at radius 2 is 2.17 bits per heavy atom. The average molecular weight is 276 g/mol. The number of aromatic carboxylic acids is 1. The predicted octanol–water partition coefficient (Wildman–Crippen LogP) is 1.80. The summed E-state index contributed by atoms with van der Waals surface area (Å²) in [6, 6.07) is 4.37. The average Bonchev–Trinajstić information content (AvgIpc) is 2.04. The minimum atomic E-state index is -0.981. The molecule has 0 amide bonds. The van der Waals surface area contributed by atoms with Crippen molar-refractivity contribution >= 4 is 34.8 Å². The van der Waals surface area contributed by atoms with E-state index in [9.17, 15) is 9.59 Å². The van der Waals surface area contributed by atoms with Crippen LogP contribution in [0.25, 0.3) is 0 Å². The van der Waals surface area contributed by atoms with E-state index in [1.807, 2.05) is 22.6 Å². The molecule has 0 aliphatic heterocycles. The van der Waals surface area contributed by atoms with Gasteiger partial charge in [0.15, 0.2) is 6.29 Å². The zero-order chi connectivity index (χ0) is 9.14. The summed E-state index contributed by atoms with van der Waals surface area (Å²) in [5, 5.41) is 8.58. The van der Waals surface area contributed by atoms with Crippen molar-refractivity contribution in [2.45, 2.75) is 0 Å². The first kappa shape index (κ1) is 9.18. The fourth-order valence-electron chi connectivity index (χ4n) is 0.756. The van der Waals surface area contributed by atoms with E-state index < -0.39 is 5.97 Å². The van der Waals surface area contributed by atoms with Crippen LogP contribution in [0.4, 0.5) is 0 Å². The molecular weight excluding hydrogens is 271 g/mol. The molecule has 0 aliphatic carbocycles. The third kappa shape index (κ3) is 1.82. The van der Waals surface area contributed by atoms with E-state index in [-0.39, 0.29) is 5.56 Å². The molecule has 12 heavy (non-hydrogen) atoms. The van der Waals surface area contributed by atoms with Gasteiger partial charge in [-0.25, -0.2) is 4.79 Å². The van der Waals surface area contributed by atoms with Crippen molar-refractivity contribution in [2.24, 2.45) is 0 Å². The van der Waals surface area contributed by atoms with Crippen molar-refractivity contribution in [3.8, 4) is 0 Å². The highest BCUT2D eigenvalue weighted by atomic mass is 127. The van der Waals surface area contributed by atoms with E-state index in [1.165, 1.54) is 18.2 Å². The lowest BCUT2D eigenvalue weighted by Crippen LogP contribution is -1.97. The molecule has 0 atom stereocenters. The third-order valence-electron chi connectivity index (χ3n) is 1.37. The fourth-order valence-corrected chi connectivity index (χ4v) is 1.40. The molecule has 0 aliphatic rings. The van der Waals surface area contributed by atoms with Crippen LogP contribution in [-0.4, -0.2) is 17.4 Å². The van der Waals surface area contributed by atoms with Crippen LogP contribution in [0.15, 0.2) is 18.2 Å². The van der Waals surface area contributed by atoms with Crippen LogP contribution in [-0.2, 0) is 0 Å². The number of aldehydes is 1. The summed E-state index contributed by atoms with van der Waals surface area (Å²) in [5.41, 5.74) is 0.714. The minimum Gasteiger partial charge on any atom is -0.478 e. The molecule has 3 nitrogen and oxygen atoms in total. The summed E-state index contributed by atoms with van der Waals surface area (Å²) in [4.78, 5) is 20.8. The van der Waals surface area contributed by atoms with E-state index in [0.717, 1.165) is 0 Å². The zero-order valence-corrected chi connectivity index (χ0v) is 8.11. The number of carbonyl (C=O) groups excluding carboxylic acids is 1. The second kappa shape index (κ2) is 3.66. The van der Waals surface area contributed by atoms with Crippen molar-refractivity contribution in [3.63, 3.8) is 0 Å². The van der Waals surface area contributed by atoms with Gasteiger partial charge in [0.05, 0.1) is 5.56 Å². The Kier molecular flexibility index (Phi) is 2.80. The van der Waals surface area contributed by atoms with E-state index in [2.05, 4.69) is 0 Å². The van der Waals surface area contributed by atoms with Gasteiger partial charge in [-0.2, -0.15) is 0 Å². The monoisotopic (exact) mass is 276 g/mol. The van der Waals surface area contributed by atoms with Crippen LogP contribution < -0.4 is 0 Å². The molecule has 1 aromatic carbocycles. The molecule has 0 fully saturated rings. The molecule has 1 rings (SSSR count). The molecule has 0 radical (unpaired) electrons. The topological polar surface area (TPSA) is 54.4 Å². The zero-order valence-electron chi connectivity index (χ0n) is 5.95. The minimum absolute atomic E-state index is 0.199. The van der Waals surface area contributed by atoms with Gasteiger partial charge in [0.25, 0.3) is 0 Å². The normalized spacial score (nSPS) is 9.42. The van der Waals surface area contributed by atoms with Crippen LogP contribution in [0.1, 0.15) is 20.7 Å². The number of carboxylic acid groups (broad SMARTS) is 1. The maximum atomic E-state index is 10.5. The maximum absolute atomic E-state index is 10.5. The molecule has 4 heteroatoms. The second-order valence-corrected chi connectivity index (χ2v) is 3.32. The lowest BCUT2D eigenvalue weighted by atomic mass is 10.1. The Morgan fingerprint density at radius 1 is 1.50 bits per heavy atom. The van der Waals surface area contributed by atoms with Gasteiger partial charge >= 0.3 is 5.97 Å². The summed E-state index contributed by atoms with van der Waals surface area (Å²) in [5.74, 6) is -0.981. The van der Waals surface area contributed by atoms with Gasteiger partial charge in [0.1, 0.15) is 0 Å².